The van der Waals surface area contributed by atoms with Crippen molar-refractivity contribution in [2.45, 2.75) is 57.4 Å². The fraction of sp³-hybridized carbons (Fsp3) is 0.750. The molecule has 0 amide bonds. The molecule has 4 nitrogen and oxygen atoms in total. The van der Waals surface area contributed by atoms with Gasteiger partial charge in [0, 0.05) is 17.2 Å². The number of nitrogens with zero attached hydrogens (tertiary/aromatic N) is 2. The van der Waals surface area contributed by atoms with Crippen LogP contribution in [0.1, 0.15) is 44.5 Å². The molecule has 1 saturated carbocycles. The van der Waals surface area contributed by atoms with Gasteiger partial charge in [-0.15, -0.1) is 0 Å². The Hall–Kier alpha value is -0.550. The molecule has 18 heavy (non-hydrogen) atoms. The van der Waals surface area contributed by atoms with Crippen LogP contribution >= 0.6 is 10.7 Å². The first-order valence-electron chi connectivity index (χ1n) is 6.50. The van der Waals surface area contributed by atoms with Crippen molar-refractivity contribution in [1.29, 1.82) is 0 Å². The van der Waals surface area contributed by atoms with E-state index in [0.29, 0.717) is 24.5 Å². The zero-order chi connectivity index (χ0) is 13.3. The highest BCUT2D eigenvalue weighted by Gasteiger charge is 2.27. The first kappa shape index (κ1) is 13.9. The second kappa shape index (κ2) is 5.21. The topological polar surface area (TPSA) is 52.0 Å². The van der Waals surface area contributed by atoms with Crippen molar-refractivity contribution >= 4 is 19.7 Å². The van der Waals surface area contributed by atoms with E-state index in [-0.39, 0.29) is 4.90 Å². The van der Waals surface area contributed by atoms with E-state index in [4.69, 9.17) is 10.7 Å². The fourth-order valence-electron chi connectivity index (χ4n) is 2.46. The average molecular weight is 291 g/mol. The molecule has 1 fully saturated rings. The molecule has 1 aliphatic rings. The maximum Gasteiger partial charge on any atom is 0.264 e. The number of aromatic nitrogens is 2. The van der Waals surface area contributed by atoms with Gasteiger partial charge in [-0.05, 0) is 31.6 Å². The smallest absolute Gasteiger partial charge is 0.264 e. The van der Waals surface area contributed by atoms with E-state index in [1.807, 2.05) is 18.5 Å². The van der Waals surface area contributed by atoms with E-state index in [1.54, 1.807) is 0 Å². The maximum absolute atomic E-state index is 11.7. The first-order chi connectivity index (χ1) is 8.47. The van der Waals surface area contributed by atoms with Crippen LogP contribution in [0.2, 0.25) is 0 Å². The van der Waals surface area contributed by atoms with Gasteiger partial charge in [-0.1, -0.05) is 20.3 Å². The molecular formula is C12H19ClN2O2S. The average Bonchev–Trinajstić information content (AvgIpc) is 2.60. The Kier molecular flexibility index (Phi) is 4.02. The summed E-state index contributed by atoms with van der Waals surface area (Å²) in [5, 5.41) is 4.44. The molecular weight excluding hydrogens is 272 g/mol. The lowest BCUT2D eigenvalue weighted by molar-refractivity contribution is 0.263. The molecule has 0 saturated heterocycles. The Morgan fingerprint density at radius 2 is 2.00 bits per heavy atom. The lowest BCUT2D eigenvalue weighted by Gasteiger charge is -2.25. The third kappa shape index (κ3) is 2.57. The Labute approximate surface area is 113 Å². The second-order valence-electron chi connectivity index (χ2n) is 4.85. The fourth-order valence-corrected chi connectivity index (χ4v) is 3.99. The number of halogens is 1. The molecule has 0 unspecified atom stereocenters. The molecule has 1 heterocycles. The molecule has 2 rings (SSSR count). The van der Waals surface area contributed by atoms with Crippen molar-refractivity contribution in [2.75, 3.05) is 0 Å². The van der Waals surface area contributed by atoms with Crippen LogP contribution in [0.15, 0.2) is 4.90 Å². The molecule has 0 N–H and O–H groups in total. The summed E-state index contributed by atoms with van der Waals surface area (Å²) < 4.78 is 25.2. The van der Waals surface area contributed by atoms with Crippen molar-refractivity contribution in [3.63, 3.8) is 0 Å². The lowest BCUT2D eigenvalue weighted by Crippen LogP contribution is -2.20. The van der Waals surface area contributed by atoms with E-state index in [2.05, 4.69) is 5.10 Å². The Bertz CT molecular complexity index is 533. The van der Waals surface area contributed by atoms with Crippen LogP contribution < -0.4 is 0 Å². The summed E-state index contributed by atoms with van der Waals surface area (Å²) in [6.45, 7) is 4.67. The van der Waals surface area contributed by atoms with Gasteiger partial charge in [0.05, 0.1) is 11.4 Å². The van der Waals surface area contributed by atoms with E-state index < -0.39 is 9.05 Å². The molecule has 6 heteroatoms. The summed E-state index contributed by atoms with van der Waals surface area (Å²) in [5.41, 5.74) is 1.36. The Morgan fingerprint density at radius 1 is 1.33 bits per heavy atom. The van der Waals surface area contributed by atoms with Crippen molar-refractivity contribution in [1.82, 2.24) is 9.78 Å². The van der Waals surface area contributed by atoms with E-state index >= 15 is 0 Å². The standard InChI is InChI=1S/C12H19ClN2O2S/c1-3-10-12(18(13,16)17)11(4-2)15(14-10)8-9-6-5-7-9/h9H,3-8H2,1-2H3. The predicted octanol–water partition coefficient (Wildman–Crippen LogP) is 2.74. The lowest BCUT2D eigenvalue weighted by atomic mass is 9.85. The molecule has 0 spiro atoms. The van der Waals surface area contributed by atoms with Crippen LogP contribution in [0.3, 0.4) is 0 Å². The molecule has 0 atom stereocenters. The summed E-state index contributed by atoms with van der Waals surface area (Å²) in [4.78, 5) is 0.244. The van der Waals surface area contributed by atoms with Crippen molar-refractivity contribution in [3.05, 3.63) is 11.4 Å². The number of rotatable bonds is 5. The van der Waals surface area contributed by atoms with Crippen molar-refractivity contribution in [2.24, 2.45) is 5.92 Å². The van der Waals surface area contributed by atoms with E-state index in [9.17, 15) is 8.42 Å². The molecule has 0 radical (unpaired) electrons. The molecule has 0 bridgehead atoms. The maximum atomic E-state index is 11.7. The highest BCUT2D eigenvalue weighted by Crippen LogP contribution is 2.31. The van der Waals surface area contributed by atoms with Gasteiger partial charge < -0.3 is 0 Å². The van der Waals surface area contributed by atoms with Crippen LogP contribution in [0.4, 0.5) is 0 Å². The Balaban J connectivity index is 2.43. The van der Waals surface area contributed by atoms with Crippen LogP contribution in [-0.4, -0.2) is 18.2 Å². The van der Waals surface area contributed by atoms with Gasteiger partial charge in [-0.2, -0.15) is 5.10 Å². The highest BCUT2D eigenvalue weighted by atomic mass is 35.7. The van der Waals surface area contributed by atoms with Gasteiger partial charge in [-0.25, -0.2) is 8.42 Å². The van der Waals surface area contributed by atoms with Crippen LogP contribution in [-0.2, 0) is 28.4 Å². The quantitative estimate of drug-likeness (QED) is 0.784. The third-order valence-corrected chi connectivity index (χ3v) is 5.07. The van der Waals surface area contributed by atoms with Gasteiger partial charge >= 0.3 is 0 Å². The summed E-state index contributed by atoms with van der Waals surface area (Å²) in [5.74, 6) is 0.644. The SMILES string of the molecule is CCc1nn(CC2CCC2)c(CC)c1S(=O)(=O)Cl. The molecule has 1 aromatic rings. The number of hydrogen-bond donors (Lipinski definition) is 0. The summed E-state index contributed by atoms with van der Waals surface area (Å²) >= 11 is 0. The van der Waals surface area contributed by atoms with E-state index in [0.717, 1.165) is 12.2 Å². The van der Waals surface area contributed by atoms with Gasteiger partial charge in [0.25, 0.3) is 9.05 Å². The van der Waals surface area contributed by atoms with Gasteiger partial charge in [0.2, 0.25) is 0 Å². The predicted molar refractivity (Wildman–Crippen MR) is 71.4 cm³/mol. The molecule has 0 aromatic carbocycles. The Morgan fingerprint density at radius 3 is 2.39 bits per heavy atom. The van der Waals surface area contributed by atoms with Crippen LogP contribution in [0, 0.1) is 5.92 Å². The monoisotopic (exact) mass is 290 g/mol. The molecule has 0 aliphatic heterocycles. The zero-order valence-electron chi connectivity index (χ0n) is 10.8. The van der Waals surface area contributed by atoms with Gasteiger partial charge in [0.15, 0.2) is 0 Å². The minimum absolute atomic E-state index is 0.244. The third-order valence-electron chi connectivity index (χ3n) is 3.65. The molecule has 102 valence electrons. The highest BCUT2D eigenvalue weighted by molar-refractivity contribution is 8.13. The minimum atomic E-state index is -3.70. The van der Waals surface area contributed by atoms with Crippen LogP contribution in [0.5, 0.6) is 0 Å². The van der Waals surface area contributed by atoms with Gasteiger partial charge in [0.1, 0.15) is 4.90 Å². The molecule has 1 aromatic heterocycles. The van der Waals surface area contributed by atoms with Crippen molar-refractivity contribution in [3.8, 4) is 0 Å². The van der Waals surface area contributed by atoms with Crippen molar-refractivity contribution < 1.29 is 8.42 Å². The summed E-state index contributed by atoms with van der Waals surface area (Å²) in [6, 6.07) is 0. The second-order valence-corrected chi connectivity index (χ2v) is 7.35. The minimum Gasteiger partial charge on any atom is -0.268 e. The molecule has 1 aliphatic carbocycles. The summed E-state index contributed by atoms with van der Waals surface area (Å²) in [6.07, 6.45) is 4.93. The van der Waals surface area contributed by atoms with Gasteiger partial charge in [-0.3, -0.25) is 4.68 Å². The first-order valence-corrected chi connectivity index (χ1v) is 8.81. The number of aryl methyl sites for hydroxylation is 1. The largest absolute Gasteiger partial charge is 0.268 e. The zero-order valence-corrected chi connectivity index (χ0v) is 12.4. The number of hydrogen-bond acceptors (Lipinski definition) is 3. The normalized spacial score (nSPS) is 16.8. The van der Waals surface area contributed by atoms with E-state index in [1.165, 1.54) is 19.3 Å². The van der Waals surface area contributed by atoms with Crippen LogP contribution in [0.25, 0.3) is 0 Å². The summed E-state index contributed by atoms with van der Waals surface area (Å²) in [7, 11) is 1.84.